The number of pyridine rings is 1. The number of sulfonamides is 1. The lowest BCUT2D eigenvalue weighted by molar-refractivity contribution is -0.127. The number of aromatic nitrogens is 4. The molecule has 1 saturated heterocycles. The summed E-state index contributed by atoms with van der Waals surface area (Å²) in [7, 11) is -4.04. The van der Waals surface area contributed by atoms with Crippen molar-refractivity contribution in [1.82, 2.24) is 29.6 Å². The van der Waals surface area contributed by atoms with E-state index >= 15 is 0 Å². The number of anilines is 1. The van der Waals surface area contributed by atoms with Crippen LogP contribution in [0.4, 0.5) is 14.5 Å². The molecule has 5 rings (SSSR count). The molecular weight excluding hydrogens is 480 g/mol. The molecule has 2 amide bonds. The number of carbonyl (C=O) groups is 2. The van der Waals surface area contributed by atoms with Gasteiger partial charge in [-0.3, -0.25) is 19.3 Å². The number of hydrogen-bond donors (Lipinski definition) is 2. The minimum Gasteiger partial charge on any atom is -0.300 e. The fraction of sp³-hybridized carbons (Fsp3) is 0.389. The highest BCUT2D eigenvalue weighted by Gasteiger charge is 2.42. The van der Waals surface area contributed by atoms with Crippen molar-refractivity contribution in [2.45, 2.75) is 36.6 Å². The van der Waals surface area contributed by atoms with Crippen LogP contribution in [0.5, 0.6) is 0 Å². The first-order valence-corrected chi connectivity index (χ1v) is 12.1. The molecule has 15 heteroatoms. The van der Waals surface area contributed by atoms with Crippen molar-refractivity contribution >= 4 is 44.4 Å². The summed E-state index contributed by atoms with van der Waals surface area (Å²) in [6, 6.07) is 1.24. The van der Waals surface area contributed by atoms with Gasteiger partial charge in [-0.2, -0.15) is 0 Å². The van der Waals surface area contributed by atoms with E-state index in [9.17, 15) is 26.8 Å². The van der Waals surface area contributed by atoms with Gasteiger partial charge >= 0.3 is 0 Å². The number of hydrogen-bond acceptors (Lipinski definition) is 9. The fourth-order valence-corrected chi connectivity index (χ4v) is 5.64. The van der Waals surface area contributed by atoms with Gasteiger partial charge in [0.05, 0.1) is 30.5 Å². The van der Waals surface area contributed by atoms with Crippen molar-refractivity contribution in [2.75, 3.05) is 18.0 Å². The summed E-state index contributed by atoms with van der Waals surface area (Å²) >= 11 is 0.611. The highest BCUT2D eigenvalue weighted by molar-refractivity contribution is 7.89. The van der Waals surface area contributed by atoms with Crippen molar-refractivity contribution in [3.05, 3.63) is 23.5 Å². The van der Waals surface area contributed by atoms with Crippen LogP contribution < -0.4 is 14.9 Å². The number of halogens is 2. The van der Waals surface area contributed by atoms with Gasteiger partial charge in [0.25, 0.3) is 6.43 Å². The minimum absolute atomic E-state index is 0.0210. The van der Waals surface area contributed by atoms with E-state index in [0.29, 0.717) is 24.2 Å². The lowest BCUT2D eigenvalue weighted by Crippen LogP contribution is -2.52. The molecule has 1 aliphatic heterocycles. The maximum Gasteiger partial charge on any atom is 0.291 e. The molecule has 11 nitrogen and oxygen atoms in total. The largest absolute Gasteiger partial charge is 0.300 e. The lowest BCUT2D eigenvalue weighted by Gasteiger charge is -2.26. The molecule has 33 heavy (non-hydrogen) atoms. The van der Waals surface area contributed by atoms with Crippen LogP contribution in [0.2, 0.25) is 0 Å². The first kappa shape index (κ1) is 21.9. The lowest BCUT2D eigenvalue weighted by atomic mass is 10.2. The molecule has 3 aromatic rings. The van der Waals surface area contributed by atoms with Crippen molar-refractivity contribution in [3.63, 3.8) is 0 Å². The van der Waals surface area contributed by atoms with Gasteiger partial charge in [0.15, 0.2) is 15.8 Å². The van der Waals surface area contributed by atoms with E-state index in [1.165, 1.54) is 22.9 Å². The van der Waals surface area contributed by atoms with Crippen molar-refractivity contribution in [3.8, 4) is 10.8 Å². The number of imide groups is 1. The van der Waals surface area contributed by atoms with Crippen molar-refractivity contribution < 1.29 is 26.8 Å². The Hall–Kier alpha value is -2.88. The average molecular weight is 498 g/mol. The normalized spacial score (nSPS) is 18.5. The third-order valence-electron chi connectivity index (χ3n) is 5.40. The Morgan fingerprint density at radius 2 is 1.91 bits per heavy atom. The molecule has 0 radical (unpaired) electrons. The van der Waals surface area contributed by atoms with E-state index in [1.54, 1.807) is 6.92 Å². The first-order chi connectivity index (χ1) is 15.6. The highest BCUT2D eigenvalue weighted by Crippen LogP contribution is 2.37. The van der Waals surface area contributed by atoms with E-state index in [0.717, 1.165) is 4.90 Å². The van der Waals surface area contributed by atoms with E-state index < -0.39 is 38.8 Å². The number of imidazole rings is 1. The van der Waals surface area contributed by atoms with Gasteiger partial charge < -0.3 is 0 Å². The molecule has 0 aromatic carbocycles. The Bertz CT molecular complexity index is 1380. The second-order valence-electron chi connectivity index (χ2n) is 8.04. The van der Waals surface area contributed by atoms with Crippen LogP contribution in [0, 0.1) is 0 Å². The van der Waals surface area contributed by atoms with E-state index in [2.05, 4.69) is 25.2 Å². The zero-order valence-corrected chi connectivity index (χ0v) is 18.7. The maximum atomic E-state index is 13.1. The van der Waals surface area contributed by atoms with Crippen LogP contribution in [0.3, 0.4) is 0 Å². The number of alkyl halides is 2. The van der Waals surface area contributed by atoms with E-state index in [-0.39, 0.29) is 40.0 Å². The number of nitrogens with zero attached hydrogens (tertiary/aromatic N) is 5. The quantitative estimate of drug-likeness (QED) is 0.483. The first-order valence-electron chi connectivity index (χ1n) is 9.81. The summed E-state index contributed by atoms with van der Waals surface area (Å²) < 4.78 is 56.2. The third-order valence-corrected chi connectivity index (χ3v) is 7.93. The SMILES string of the molecule is CC1(NS(=O)(=O)c2cc(N3C(=O)CNCC3=O)c3cnc(-c4nnc(C(F)F)s4)n3c2)CC1. The number of rotatable bonds is 6. The van der Waals surface area contributed by atoms with Gasteiger partial charge in [0, 0.05) is 11.7 Å². The molecule has 2 aliphatic rings. The topological polar surface area (TPSA) is 139 Å². The van der Waals surface area contributed by atoms with Gasteiger partial charge in [-0.05, 0) is 25.8 Å². The Balaban J connectivity index is 1.72. The van der Waals surface area contributed by atoms with Crippen LogP contribution in [0.25, 0.3) is 16.3 Å². The standard InChI is InChI=1S/C18H17F2N7O4S2/c1-18(2-3-18)25-33(30,31)9-4-10(27-12(28)6-21-7-13(27)29)11-5-22-15(26(11)8-9)17-24-23-16(32-17)14(19)20/h4-5,8,14,21,25H,2-3,6-7H2,1H3. The minimum atomic E-state index is -4.04. The smallest absolute Gasteiger partial charge is 0.291 e. The maximum absolute atomic E-state index is 13.1. The summed E-state index contributed by atoms with van der Waals surface area (Å²) in [5.74, 6) is -1.08. The van der Waals surface area contributed by atoms with Gasteiger partial charge in [0.2, 0.25) is 21.8 Å². The molecule has 3 aromatic heterocycles. The number of nitrogens with one attached hydrogen (secondary N) is 2. The highest BCUT2D eigenvalue weighted by atomic mass is 32.2. The summed E-state index contributed by atoms with van der Waals surface area (Å²) in [6.45, 7) is 1.55. The van der Waals surface area contributed by atoms with Gasteiger partial charge in [-0.1, -0.05) is 11.3 Å². The molecule has 2 N–H and O–H groups in total. The van der Waals surface area contributed by atoms with E-state index in [1.807, 2.05) is 0 Å². The van der Waals surface area contributed by atoms with Crippen LogP contribution >= 0.6 is 11.3 Å². The van der Waals surface area contributed by atoms with Gasteiger partial charge in [-0.25, -0.2) is 31.8 Å². The van der Waals surface area contributed by atoms with Gasteiger partial charge in [0.1, 0.15) is 4.90 Å². The molecule has 0 unspecified atom stereocenters. The Kier molecular flexibility index (Phi) is 5.04. The van der Waals surface area contributed by atoms with Crippen LogP contribution in [-0.2, 0) is 19.6 Å². The molecule has 1 aliphatic carbocycles. The predicted octanol–water partition coefficient (Wildman–Crippen LogP) is 1.08. The van der Waals surface area contributed by atoms with Crippen LogP contribution in [-0.4, -0.2) is 58.4 Å². The zero-order chi connectivity index (χ0) is 23.5. The summed E-state index contributed by atoms with van der Waals surface area (Å²) in [5, 5.41) is 9.40. The molecule has 174 valence electrons. The average Bonchev–Trinajstić information content (AvgIpc) is 3.15. The van der Waals surface area contributed by atoms with Crippen LogP contribution in [0.1, 0.15) is 31.2 Å². The molecule has 0 atom stereocenters. The van der Waals surface area contributed by atoms with Crippen molar-refractivity contribution in [1.29, 1.82) is 0 Å². The summed E-state index contributed by atoms with van der Waals surface area (Å²) in [4.78, 5) is 30.0. The molecule has 0 spiro atoms. The molecule has 0 bridgehead atoms. The van der Waals surface area contributed by atoms with Crippen LogP contribution in [0.15, 0.2) is 23.4 Å². The Morgan fingerprint density at radius 3 is 2.52 bits per heavy atom. The summed E-state index contributed by atoms with van der Waals surface area (Å²) in [6.07, 6.45) is 1.10. The molecule has 1 saturated carbocycles. The Morgan fingerprint density at radius 1 is 1.21 bits per heavy atom. The number of fused-ring (bicyclic) bond motifs is 1. The molecule has 2 fully saturated rings. The fourth-order valence-electron chi connectivity index (χ4n) is 3.47. The third kappa shape index (κ3) is 3.90. The molecular formula is C18H17F2N7O4S2. The van der Waals surface area contributed by atoms with E-state index in [4.69, 9.17) is 0 Å². The Labute approximate surface area is 189 Å². The predicted molar refractivity (Wildman–Crippen MR) is 112 cm³/mol. The second kappa shape index (κ2) is 7.58. The monoisotopic (exact) mass is 497 g/mol. The molecule has 4 heterocycles. The van der Waals surface area contributed by atoms with Gasteiger partial charge in [-0.15, -0.1) is 10.2 Å². The number of carbonyl (C=O) groups excluding carboxylic acids is 2. The number of piperazine rings is 1. The number of amides is 2. The second-order valence-corrected chi connectivity index (χ2v) is 10.7. The summed E-state index contributed by atoms with van der Waals surface area (Å²) in [5.41, 5.74) is -0.315. The van der Waals surface area contributed by atoms with Crippen molar-refractivity contribution in [2.24, 2.45) is 0 Å². The zero-order valence-electron chi connectivity index (χ0n) is 17.1.